The Morgan fingerprint density at radius 1 is 1.14 bits per heavy atom. The second kappa shape index (κ2) is 3.59. The van der Waals surface area contributed by atoms with Gasteiger partial charge in [0.1, 0.15) is 10.3 Å². The molecule has 2 heterocycles. The van der Waals surface area contributed by atoms with Crippen LogP contribution in [0.2, 0.25) is 10.3 Å². The van der Waals surface area contributed by atoms with E-state index in [-0.39, 0.29) is 0 Å². The summed E-state index contributed by atoms with van der Waals surface area (Å²) in [5.74, 6) is 0. The quantitative estimate of drug-likeness (QED) is 0.702. The Balaban J connectivity index is 2.51. The number of hydrogen-bond donors (Lipinski definition) is 0. The average molecular weight is 228 g/mol. The minimum atomic E-state index is 0.386. The molecule has 3 nitrogen and oxygen atoms in total. The van der Waals surface area contributed by atoms with Crippen LogP contribution in [0.4, 0.5) is 0 Å². The van der Waals surface area contributed by atoms with Gasteiger partial charge in [-0.05, 0) is 17.7 Å². The van der Waals surface area contributed by atoms with Crippen molar-refractivity contribution >= 4 is 23.2 Å². The predicted octanol–water partition coefficient (Wildman–Crippen LogP) is 2.79. The lowest BCUT2D eigenvalue weighted by Gasteiger charge is -1.98. The summed E-state index contributed by atoms with van der Waals surface area (Å²) >= 11 is 11.6. The first kappa shape index (κ1) is 9.49. The molecule has 0 radical (unpaired) electrons. The molecule has 2 rings (SSSR count). The molecule has 0 aliphatic heterocycles. The molecule has 0 aliphatic carbocycles. The molecule has 0 N–H and O–H groups in total. The lowest BCUT2D eigenvalue weighted by molar-refractivity contribution is 0.768. The van der Waals surface area contributed by atoms with E-state index >= 15 is 0 Å². The highest BCUT2D eigenvalue weighted by Crippen LogP contribution is 2.23. The summed E-state index contributed by atoms with van der Waals surface area (Å²) in [6.45, 7) is 0. The second-order valence-electron chi connectivity index (χ2n) is 2.90. The molecule has 0 amide bonds. The van der Waals surface area contributed by atoms with Gasteiger partial charge in [0.25, 0.3) is 0 Å². The maximum absolute atomic E-state index is 5.78. The molecule has 0 unspecified atom stereocenters. The minimum Gasteiger partial charge on any atom is -0.275 e. The van der Waals surface area contributed by atoms with Gasteiger partial charge < -0.3 is 0 Å². The number of aryl methyl sites for hydroxylation is 1. The first-order chi connectivity index (χ1) is 6.65. The molecule has 5 heteroatoms. The number of rotatable bonds is 1. The molecule has 0 bridgehead atoms. The van der Waals surface area contributed by atoms with Crippen LogP contribution in [0.5, 0.6) is 0 Å². The highest BCUT2D eigenvalue weighted by Gasteiger charge is 2.03. The number of hydrogen-bond acceptors (Lipinski definition) is 2. The van der Waals surface area contributed by atoms with Gasteiger partial charge in [0.05, 0.1) is 6.20 Å². The van der Waals surface area contributed by atoms with Crippen LogP contribution in [-0.4, -0.2) is 14.8 Å². The Labute approximate surface area is 91.3 Å². The lowest BCUT2D eigenvalue weighted by Crippen LogP contribution is -1.84. The summed E-state index contributed by atoms with van der Waals surface area (Å²) in [7, 11) is 1.86. The van der Waals surface area contributed by atoms with Crippen LogP contribution < -0.4 is 0 Å². The van der Waals surface area contributed by atoms with Crippen LogP contribution in [0.25, 0.3) is 11.1 Å². The fraction of sp³-hybridized carbons (Fsp3) is 0.111. The Morgan fingerprint density at radius 3 is 2.29 bits per heavy atom. The van der Waals surface area contributed by atoms with E-state index in [1.165, 1.54) is 0 Å². The smallest absolute Gasteiger partial charge is 0.131 e. The molecule has 0 atom stereocenters. The number of nitrogens with zero attached hydrogens (tertiary/aromatic N) is 3. The Hall–Kier alpha value is -1.06. The maximum Gasteiger partial charge on any atom is 0.131 e. The fourth-order valence-electron chi connectivity index (χ4n) is 1.20. The zero-order valence-electron chi connectivity index (χ0n) is 7.41. The number of pyridine rings is 1. The van der Waals surface area contributed by atoms with E-state index < -0.39 is 0 Å². The summed E-state index contributed by atoms with van der Waals surface area (Å²) in [6, 6.07) is 3.51. The zero-order chi connectivity index (χ0) is 10.1. The van der Waals surface area contributed by atoms with Gasteiger partial charge in [-0.3, -0.25) is 4.68 Å². The van der Waals surface area contributed by atoms with E-state index in [1.807, 2.05) is 13.2 Å². The molecule has 72 valence electrons. The van der Waals surface area contributed by atoms with E-state index in [0.29, 0.717) is 10.3 Å². The van der Waals surface area contributed by atoms with Crippen molar-refractivity contribution in [1.82, 2.24) is 14.8 Å². The van der Waals surface area contributed by atoms with Gasteiger partial charge in [0.2, 0.25) is 0 Å². The van der Waals surface area contributed by atoms with E-state index in [9.17, 15) is 0 Å². The van der Waals surface area contributed by atoms with E-state index in [2.05, 4.69) is 10.1 Å². The third kappa shape index (κ3) is 1.89. The summed E-state index contributed by atoms with van der Waals surface area (Å²) in [4.78, 5) is 3.87. The molecule has 0 saturated carbocycles. The molecular weight excluding hydrogens is 221 g/mol. The van der Waals surface area contributed by atoms with Gasteiger partial charge in [0.15, 0.2) is 0 Å². The first-order valence-electron chi connectivity index (χ1n) is 3.97. The normalized spacial score (nSPS) is 10.5. The highest BCUT2D eigenvalue weighted by molar-refractivity contribution is 6.32. The van der Waals surface area contributed by atoms with Crippen LogP contribution in [0.1, 0.15) is 0 Å². The van der Waals surface area contributed by atoms with Crippen molar-refractivity contribution in [2.75, 3.05) is 0 Å². The van der Waals surface area contributed by atoms with Gasteiger partial charge in [-0.1, -0.05) is 23.2 Å². The van der Waals surface area contributed by atoms with Crippen molar-refractivity contribution in [3.8, 4) is 11.1 Å². The Morgan fingerprint density at radius 2 is 1.79 bits per heavy atom. The molecule has 0 aliphatic rings. The summed E-state index contributed by atoms with van der Waals surface area (Å²) in [5.41, 5.74) is 1.89. The molecule has 0 saturated heterocycles. The van der Waals surface area contributed by atoms with Crippen LogP contribution in [-0.2, 0) is 7.05 Å². The Bertz CT molecular complexity index is 445. The standard InChI is InChI=1S/C9H7Cl2N3/c1-14-5-7(4-12-14)6-2-8(10)13-9(11)3-6/h2-5H,1H3. The third-order valence-corrected chi connectivity index (χ3v) is 2.19. The molecule has 2 aromatic rings. The van der Waals surface area contributed by atoms with E-state index in [0.717, 1.165) is 11.1 Å². The summed E-state index contributed by atoms with van der Waals surface area (Å²) < 4.78 is 1.72. The second-order valence-corrected chi connectivity index (χ2v) is 3.68. The minimum absolute atomic E-state index is 0.386. The average Bonchev–Trinajstić information content (AvgIpc) is 2.50. The van der Waals surface area contributed by atoms with Crippen LogP contribution in [0.15, 0.2) is 24.5 Å². The molecular formula is C9H7Cl2N3. The van der Waals surface area contributed by atoms with Gasteiger partial charge >= 0.3 is 0 Å². The Kier molecular flexibility index (Phi) is 2.44. The third-order valence-electron chi connectivity index (χ3n) is 1.80. The van der Waals surface area contributed by atoms with Gasteiger partial charge in [-0.25, -0.2) is 4.98 Å². The lowest BCUT2D eigenvalue weighted by atomic mass is 10.1. The van der Waals surface area contributed by atoms with Crippen molar-refractivity contribution in [2.24, 2.45) is 7.05 Å². The molecule has 2 aromatic heterocycles. The first-order valence-corrected chi connectivity index (χ1v) is 4.73. The van der Waals surface area contributed by atoms with Crippen molar-refractivity contribution in [2.45, 2.75) is 0 Å². The predicted molar refractivity (Wildman–Crippen MR) is 56.5 cm³/mol. The van der Waals surface area contributed by atoms with Crippen molar-refractivity contribution in [3.05, 3.63) is 34.8 Å². The maximum atomic E-state index is 5.78. The van der Waals surface area contributed by atoms with E-state index in [1.54, 1.807) is 23.0 Å². The van der Waals surface area contributed by atoms with Crippen LogP contribution >= 0.6 is 23.2 Å². The number of halogens is 2. The summed E-state index contributed by atoms with van der Waals surface area (Å²) in [6.07, 6.45) is 3.64. The molecule has 0 aromatic carbocycles. The van der Waals surface area contributed by atoms with Gasteiger partial charge in [-0.15, -0.1) is 0 Å². The van der Waals surface area contributed by atoms with E-state index in [4.69, 9.17) is 23.2 Å². The SMILES string of the molecule is Cn1cc(-c2cc(Cl)nc(Cl)c2)cn1. The molecule has 0 fully saturated rings. The topological polar surface area (TPSA) is 30.7 Å². The monoisotopic (exact) mass is 227 g/mol. The molecule has 14 heavy (non-hydrogen) atoms. The van der Waals surface area contributed by atoms with Crippen molar-refractivity contribution in [1.29, 1.82) is 0 Å². The highest BCUT2D eigenvalue weighted by atomic mass is 35.5. The van der Waals surface area contributed by atoms with Gasteiger partial charge in [-0.2, -0.15) is 5.10 Å². The fourth-order valence-corrected chi connectivity index (χ4v) is 1.66. The van der Waals surface area contributed by atoms with Crippen molar-refractivity contribution < 1.29 is 0 Å². The largest absolute Gasteiger partial charge is 0.275 e. The zero-order valence-corrected chi connectivity index (χ0v) is 8.92. The van der Waals surface area contributed by atoms with Crippen molar-refractivity contribution in [3.63, 3.8) is 0 Å². The molecule has 0 spiro atoms. The van der Waals surface area contributed by atoms with Crippen LogP contribution in [0, 0.1) is 0 Å². The van der Waals surface area contributed by atoms with Crippen LogP contribution in [0.3, 0.4) is 0 Å². The number of aromatic nitrogens is 3. The van der Waals surface area contributed by atoms with Gasteiger partial charge in [0, 0.05) is 18.8 Å². The summed E-state index contributed by atoms with van der Waals surface area (Å²) in [5, 5.41) is 4.83.